The molecule has 0 fully saturated rings. The molecule has 0 unspecified atom stereocenters. The first-order valence-electron chi connectivity index (χ1n) is 8.74. The number of hydrazone groups is 1. The lowest BCUT2D eigenvalue weighted by molar-refractivity contribution is -0.142. The standard InChI is InChI=1S/C20H19BrClN3O5/c1-29-20(28)12-30-17-7-6-13(10-14(17)21)11-23-25-19(27)9-8-18(26)24-16-5-3-2-4-15(16)22/h2-7,10-11H,8-9,12H2,1H3,(H,24,26)(H,25,27). The van der Waals surface area contributed by atoms with Crippen LogP contribution in [-0.2, 0) is 19.1 Å². The average molecular weight is 497 g/mol. The van der Waals surface area contributed by atoms with E-state index in [-0.39, 0.29) is 25.4 Å². The van der Waals surface area contributed by atoms with E-state index in [0.717, 1.165) is 0 Å². The largest absolute Gasteiger partial charge is 0.481 e. The van der Waals surface area contributed by atoms with E-state index in [2.05, 4.69) is 36.5 Å². The predicted octanol–water partition coefficient (Wildman–Crippen LogP) is 3.52. The van der Waals surface area contributed by atoms with Crippen molar-refractivity contribution in [3.8, 4) is 5.75 Å². The van der Waals surface area contributed by atoms with Gasteiger partial charge in [0, 0.05) is 12.8 Å². The lowest BCUT2D eigenvalue weighted by atomic mass is 10.2. The topological polar surface area (TPSA) is 106 Å². The molecular weight excluding hydrogens is 478 g/mol. The number of nitrogens with zero attached hydrogens (tertiary/aromatic N) is 1. The molecule has 2 rings (SSSR count). The highest BCUT2D eigenvalue weighted by molar-refractivity contribution is 9.10. The second-order valence-electron chi connectivity index (χ2n) is 5.88. The Morgan fingerprint density at radius 3 is 2.57 bits per heavy atom. The zero-order valence-electron chi connectivity index (χ0n) is 16.0. The van der Waals surface area contributed by atoms with Crippen LogP contribution in [0.25, 0.3) is 0 Å². The summed E-state index contributed by atoms with van der Waals surface area (Å²) in [5.74, 6) is -0.756. The third-order valence-electron chi connectivity index (χ3n) is 3.66. The summed E-state index contributed by atoms with van der Waals surface area (Å²) in [7, 11) is 1.28. The van der Waals surface area contributed by atoms with Gasteiger partial charge in [0.15, 0.2) is 6.61 Å². The van der Waals surface area contributed by atoms with Crippen molar-refractivity contribution < 1.29 is 23.9 Å². The third-order valence-corrected chi connectivity index (χ3v) is 4.61. The maximum absolute atomic E-state index is 11.9. The number of ether oxygens (including phenoxy) is 2. The molecule has 158 valence electrons. The summed E-state index contributed by atoms with van der Waals surface area (Å²) >= 11 is 9.30. The maximum Gasteiger partial charge on any atom is 0.343 e. The fraction of sp³-hybridized carbons (Fsp3) is 0.200. The Kier molecular flexibility index (Phi) is 9.30. The van der Waals surface area contributed by atoms with Crippen LogP contribution in [0, 0.1) is 0 Å². The summed E-state index contributed by atoms with van der Waals surface area (Å²) in [6.07, 6.45) is 1.40. The number of hydrogen-bond donors (Lipinski definition) is 2. The van der Waals surface area contributed by atoms with Gasteiger partial charge in [0.2, 0.25) is 11.8 Å². The van der Waals surface area contributed by atoms with Crippen LogP contribution in [0.5, 0.6) is 5.75 Å². The van der Waals surface area contributed by atoms with Crippen molar-refractivity contribution in [2.24, 2.45) is 5.10 Å². The molecule has 0 aromatic heterocycles. The molecule has 0 aliphatic carbocycles. The second kappa shape index (κ2) is 11.9. The summed E-state index contributed by atoms with van der Waals surface area (Å²) < 4.78 is 10.4. The summed E-state index contributed by atoms with van der Waals surface area (Å²) in [6, 6.07) is 11.9. The molecule has 0 heterocycles. The lowest BCUT2D eigenvalue weighted by Crippen LogP contribution is -2.20. The molecule has 2 aromatic rings. The smallest absolute Gasteiger partial charge is 0.343 e. The molecule has 8 nitrogen and oxygen atoms in total. The van der Waals surface area contributed by atoms with Crippen molar-refractivity contribution in [1.82, 2.24) is 5.43 Å². The number of esters is 1. The van der Waals surface area contributed by atoms with Gasteiger partial charge >= 0.3 is 5.97 Å². The fourth-order valence-corrected chi connectivity index (χ4v) is 2.84. The first kappa shape index (κ1) is 23.4. The second-order valence-corrected chi connectivity index (χ2v) is 7.14. The van der Waals surface area contributed by atoms with Crippen molar-refractivity contribution in [1.29, 1.82) is 0 Å². The molecule has 2 amide bonds. The number of rotatable bonds is 9. The van der Waals surface area contributed by atoms with Crippen molar-refractivity contribution in [3.63, 3.8) is 0 Å². The van der Waals surface area contributed by atoms with Gasteiger partial charge in [-0.05, 0) is 51.8 Å². The van der Waals surface area contributed by atoms with Crippen molar-refractivity contribution in [2.45, 2.75) is 12.8 Å². The van der Waals surface area contributed by atoms with E-state index in [1.54, 1.807) is 42.5 Å². The fourth-order valence-electron chi connectivity index (χ4n) is 2.15. The number of carbonyl (C=O) groups is 3. The zero-order valence-corrected chi connectivity index (χ0v) is 18.3. The molecule has 0 spiro atoms. The van der Waals surface area contributed by atoms with E-state index in [1.807, 2.05) is 0 Å². The molecular formula is C20H19BrClN3O5. The van der Waals surface area contributed by atoms with Crippen molar-refractivity contribution in [3.05, 3.63) is 57.5 Å². The first-order chi connectivity index (χ1) is 14.4. The highest BCUT2D eigenvalue weighted by Crippen LogP contribution is 2.25. The van der Waals surface area contributed by atoms with E-state index in [4.69, 9.17) is 16.3 Å². The number of benzene rings is 2. The Bertz CT molecular complexity index is 952. The molecule has 30 heavy (non-hydrogen) atoms. The molecule has 0 bridgehead atoms. The number of halogens is 2. The lowest BCUT2D eigenvalue weighted by Gasteiger charge is -2.07. The number of hydrogen-bond acceptors (Lipinski definition) is 6. The van der Waals surface area contributed by atoms with Gasteiger partial charge in [0.05, 0.1) is 28.5 Å². The molecule has 10 heteroatoms. The molecule has 0 aliphatic heterocycles. The third kappa shape index (κ3) is 7.84. The Balaban J connectivity index is 1.77. The van der Waals surface area contributed by atoms with Gasteiger partial charge in [0.25, 0.3) is 0 Å². The molecule has 0 radical (unpaired) electrons. The van der Waals surface area contributed by atoms with Crippen LogP contribution in [0.2, 0.25) is 5.02 Å². The van der Waals surface area contributed by atoms with Crippen LogP contribution < -0.4 is 15.5 Å². The summed E-state index contributed by atoms with van der Waals surface area (Å²) in [6.45, 7) is -0.206. The van der Waals surface area contributed by atoms with Crippen LogP contribution in [0.1, 0.15) is 18.4 Å². The molecule has 2 N–H and O–H groups in total. The van der Waals surface area contributed by atoms with Crippen LogP contribution in [0.15, 0.2) is 52.0 Å². The Hall–Kier alpha value is -2.91. The normalized spacial score (nSPS) is 10.5. The van der Waals surface area contributed by atoms with E-state index in [1.165, 1.54) is 13.3 Å². The molecule has 0 aliphatic rings. The summed E-state index contributed by atoms with van der Waals surface area (Å²) in [4.78, 5) is 34.9. The van der Waals surface area contributed by atoms with Gasteiger partial charge in [-0.25, -0.2) is 10.2 Å². The van der Waals surface area contributed by atoms with Gasteiger partial charge in [-0.1, -0.05) is 23.7 Å². The van der Waals surface area contributed by atoms with Crippen LogP contribution in [0.4, 0.5) is 5.69 Å². The number of amides is 2. The van der Waals surface area contributed by atoms with E-state index in [0.29, 0.717) is 26.5 Å². The minimum Gasteiger partial charge on any atom is -0.481 e. The van der Waals surface area contributed by atoms with Crippen LogP contribution in [0.3, 0.4) is 0 Å². The Morgan fingerprint density at radius 1 is 1.13 bits per heavy atom. The maximum atomic E-state index is 11.9. The summed E-state index contributed by atoms with van der Waals surface area (Å²) in [5.41, 5.74) is 3.54. The van der Waals surface area contributed by atoms with E-state index in [9.17, 15) is 14.4 Å². The zero-order chi connectivity index (χ0) is 21.9. The minimum absolute atomic E-state index is 0.00957. The van der Waals surface area contributed by atoms with Gasteiger partial charge < -0.3 is 14.8 Å². The average Bonchev–Trinajstić information content (AvgIpc) is 2.73. The van der Waals surface area contributed by atoms with Gasteiger partial charge in [-0.15, -0.1) is 0 Å². The Labute approximate surface area is 186 Å². The number of carbonyl (C=O) groups excluding carboxylic acids is 3. The molecule has 0 atom stereocenters. The Morgan fingerprint density at radius 2 is 1.87 bits per heavy atom. The van der Waals surface area contributed by atoms with Gasteiger partial charge in [-0.2, -0.15) is 5.10 Å². The van der Waals surface area contributed by atoms with Gasteiger partial charge in [0.1, 0.15) is 5.75 Å². The summed E-state index contributed by atoms with van der Waals surface area (Å²) in [5, 5.41) is 6.93. The number of para-hydroxylation sites is 1. The number of methoxy groups -OCH3 is 1. The minimum atomic E-state index is -0.490. The monoisotopic (exact) mass is 495 g/mol. The molecule has 0 saturated heterocycles. The quantitative estimate of drug-likeness (QED) is 0.314. The number of anilines is 1. The molecule has 2 aromatic carbocycles. The van der Waals surface area contributed by atoms with E-state index < -0.39 is 11.9 Å². The van der Waals surface area contributed by atoms with E-state index >= 15 is 0 Å². The predicted molar refractivity (Wildman–Crippen MR) is 117 cm³/mol. The van der Waals surface area contributed by atoms with Gasteiger partial charge in [-0.3, -0.25) is 9.59 Å². The highest BCUT2D eigenvalue weighted by Gasteiger charge is 2.09. The van der Waals surface area contributed by atoms with Crippen LogP contribution in [-0.4, -0.2) is 37.7 Å². The van der Waals surface area contributed by atoms with Crippen LogP contribution >= 0.6 is 27.5 Å². The first-order valence-corrected chi connectivity index (χ1v) is 9.91. The highest BCUT2D eigenvalue weighted by atomic mass is 79.9. The van der Waals surface area contributed by atoms with Crippen molar-refractivity contribution >= 4 is 57.2 Å². The SMILES string of the molecule is COC(=O)COc1ccc(C=NNC(=O)CCC(=O)Nc2ccccc2Cl)cc1Br. The number of nitrogens with one attached hydrogen (secondary N) is 2. The van der Waals surface area contributed by atoms with Crippen molar-refractivity contribution in [2.75, 3.05) is 19.0 Å². The molecule has 0 saturated carbocycles.